The standard InChI is InChI=1S/C8H6OS/c9-6-2-1-4-8-5-3-7-10-8/h2-3,5-7,9H/b6-2+. The molecule has 1 aromatic rings. The summed E-state index contributed by atoms with van der Waals surface area (Å²) < 4.78 is 0. The lowest BCUT2D eigenvalue weighted by atomic mass is 10.4. The molecule has 50 valence electrons. The lowest BCUT2D eigenvalue weighted by Crippen LogP contribution is -1.57. The molecule has 0 saturated carbocycles. The molecule has 0 aliphatic rings. The van der Waals surface area contributed by atoms with Crippen molar-refractivity contribution >= 4 is 11.3 Å². The Hall–Kier alpha value is -1.20. The van der Waals surface area contributed by atoms with Gasteiger partial charge in [-0.05, 0) is 11.4 Å². The minimum Gasteiger partial charge on any atom is -0.515 e. The maximum atomic E-state index is 8.22. The van der Waals surface area contributed by atoms with Crippen molar-refractivity contribution in [2.75, 3.05) is 0 Å². The summed E-state index contributed by atoms with van der Waals surface area (Å²) in [4.78, 5) is 1.01. The molecular formula is C8H6OS. The van der Waals surface area contributed by atoms with Crippen molar-refractivity contribution in [1.82, 2.24) is 0 Å². The van der Waals surface area contributed by atoms with Gasteiger partial charge in [-0.1, -0.05) is 17.9 Å². The zero-order chi connectivity index (χ0) is 7.23. The molecule has 0 radical (unpaired) electrons. The maximum Gasteiger partial charge on any atom is 0.0875 e. The zero-order valence-electron chi connectivity index (χ0n) is 5.24. The molecule has 1 aromatic heterocycles. The van der Waals surface area contributed by atoms with Crippen LogP contribution in [0.3, 0.4) is 0 Å². The van der Waals surface area contributed by atoms with Crippen LogP contribution in [0.2, 0.25) is 0 Å². The van der Waals surface area contributed by atoms with Crippen LogP contribution >= 0.6 is 11.3 Å². The molecule has 0 aliphatic carbocycles. The Morgan fingerprint density at radius 2 is 2.50 bits per heavy atom. The summed E-state index contributed by atoms with van der Waals surface area (Å²) in [5.41, 5.74) is 0. The van der Waals surface area contributed by atoms with Crippen LogP contribution in [0.1, 0.15) is 4.88 Å². The van der Waals surface area contributed by atoms with Crippen LogP contribution in [0.5, 0.6) is 0 Å². The predicted octanol–water partition coefficient (Wildman–Crippen LogP) is 2.17. The number of thiophene rings is 1. The van der Waals surface area contributed by atoms with Gasteiger partial charge in [0, 0.05) is 6.08 Å². The van der Waals surface area contributed by atoms with Gasteiger partial charge in [0.15, 0.2) is 0 Å². The van der Waals surface area contributed by atoms with Crippen molar-refractivity contribution in [2.24, 2.45) is 0 Å². The molecule has 1 nitrogen and oxygen atoms in total. The second kappa shape index (κ2) is 3.76. The van der Waals surface area contributed by atoms with E-state index in [0.29, 0.717) is 0 Å². The fourth-order valence-corrected chi connectivity index (χ4v) is 1.08. The third-order valence-electron chi connectivity index (χ3n) is 0.874. The van der Waals surface area contributed by atoms with Gasteiger partial charge in [-0.2, -0.15) is 0 Å². The topological polar surface area (TPSA) is 20.2 Å². The molecule has 1 N–H and O–H groups in total. The minimum atomic E-state index is 0.931. The van der Waals surface area contributed by atoms with E-state index in [1.807, 2.05) is 17.5 Å². The number of aliphatic hydroxyl groups excluding tert-OH is 1. The van der Waals surface area contributed by atoms with Gasteiger partial charge in [0.05, 0.1) is 11.1 Å². The summed E-state index contributed by atoms with van der Waals surface area (Å²) in [6.45, 7) is 0. The van der Waals surface area contributed by atoms with Crippen LogP contribution in [0.15, 0.2) is 29.9 Å². The Morgan fingerprint density at radius 3 is 3.10 bits per heavy atom. The molecule has 2 heteroatoms. The minimum absolute atomic E-state index is 0.931. The summed E-state index contributed by atoms with van der Waals surface area (Å²) in [6.07, 6.45) is 2.33. The first-order valence-corrected chi connectivity index (χ1v) is 3.66. The molecule has 0 saturated heterocycles. The van der Waals surface area contributed by atoms with Crippen LogP contribution in [0, 0.1) is 11.8 Å². The quantitative estimate of drug-likeness (QED) is 0.444. The summed E-state index contributed by atoms with van der Waals surface area (Å²) in [5, 5.41) is 10.2. The number of allylic oxidation sites excluding steroid dienone is 1. The third kappa shape index (κ3) is 1.96. The molecule has 0 aliphatic heterocycles. The van der Waals surface area contributed by atoms with Crippen molar-refractivity contribution < 1.29 is 5.11 Å². The van der Waals surface area contributed by atoms with Gasteiger partial charge in [-0.15, -0.1) is 11.3 Å². The molecular weight excluding hydrogens is 144 g/mol. The predicted molar refractivity (Wildman–Crippen MR) is 43.0 cm³/mol. The SMILES string of the molecule is O/C=C/C#Cc1cccs1. The van der Waals surface area contributed by atoms with E-state index in [1.165, 1.54) is 6.08 Å². The number of aliphatic hydroxyl groups is 1. The highest BCUT2D eigenvalue weighted by Crippen LogP contribution is 2.05. The third-order valence-corrected chi connectivity index (χ3v) is 1.66. The Bertz CT molecular complexity index is 261. The van der Waals surface area contributed by atoms with Crippen molar-refractivity contribution in [1.29, 1.82) is 0 Å². The van der Waals surface area contributed by atoms with E-state index in [-0.39, 0.29) is 0 Å². The van der Waals surface area contributed by atoms with Crippen LogP contribution in [0.4, 0.5) is 0 Å². The highest BCUT2D eigenvalue weighted by Gasteiger charge is 1.81. The van der Waals surface area contributed by atoms with Crippen molar-refractivity contribution in [3.8, 4) is 11.8 Å². The van der Waals surface area contributed by atoms with E-state index in [4.69, 9.17) is 5.11 Å². The Kier molecular flexibility index (Phi) is 2.60. The van der Waals surface area contributed by atoms with E-state index >= 15 is 0 Å². The van der Waals surface area contributed by atoms with E-state index < -0.39 is 0 Å². The second-order valence-electron chi connectivity index (χ2n) is 1.56. The number of hydrogen-bond acceptors (Lipinski definition) is 2. The normalized spacial score (nSPS) is 9.20. The fraction of sp³-hybridized carbons (Fsp3) is 0. The fourth-order valence-electron chi connectivity index (χ4n) is 0.500. The first-order chi connectivity index (χ1) is 4.93. The van der Waals surface area contributed by atoms with E-state index in [0.717, 1.165) is 11.1 Å². The van der Waals surface area contributed by atoms with E-state index in [2.05, 4.69) is 11.8 Å². The highest BCUT2D eigenvalue weighted by atomic mass is 32.1. The van der Waals surface area contributed by atoms with E-state index in [9.17, 15) is 0 Å². The van der Waals surface area contributed by atoms with Gasteiger partial charge in [0.1, 0.15) is 0 Å². The smallest absolute Gasteiger partial charge is 0.0875 e. The van der Waals surface area contributed by atoms with Crippen molar-refractivity contribution in [3.05, 3.63) is 34.7 Å². The summed E-state index contributed by atoms with van der Waals surface area (Å²) in [6, 6.07) is 3.88. The van der Waals surface area contributed by atoms with Gasteiger partial charge >= 0.3 is 0 Å². The van der Waals surface area contributed by atoms with Crippen LogP contribution < -0.4 is 0 Å². The molecule has 1 heterocycles. The Balaban J connectivity index is 2.66. The summed E-state index contributed by atoms with van der Waals surface area (Å²) in [7, 11) is 0. The van der Waals surface area contributed by atoms with Crippen molar-refractivity contribution in [2.45, 2.75) is 0 Å². The number of hydrogen-bond donors (Lipinski definition) is 1. The molecule has 0 fully saturated rings. The van der Waals surface area contributed by atoms with Crippen molar-refractivity contribution in [3.63, 3.8) is 0 Å². The van der Waals surface area contributed by atoms with Gasteiger partial charge in [0.25, 0.3) is 0 Å². The average Bonchev–Trinajstić information content (AvgIpc) is 2.41. The second-order valence-corrected chi connectivity index (χ2v) is 2.51. The molecule has 10 heavy (non-hydrogen) atoms. The molecule has 0 bridgehead atoms. The average molecular weight is 150 g/mol. The first-order valence-electron chi connectivity index (χ1n) is 2.78. The first kappa shape index (κ1) is 6.91. The lowest BCUT2D eigenvalue weighted by Gasteiger charge is -1.71. The van der Waals surface area contributed by atoms with Gasteiger partial charge in [0.2, 0.25) is 0 Å². The molecule has 0 aromatic carbocycles. The molecule has 0 spiro atoms. The molecule has 0 atom stereocenters. The molecule has 1 rings (SSSR count). The lowest BCUT2D eigenvalue weighted by molar-refractivity contribution is 0.474. The Labute approximate surface area is 63.6 Å². The van der Waals surface area contributed by atoms with Crippen LogP contribution in [-0.2, 0) is 0 Å². The monoisotopic (exact) mass is 150 g/mol. The molecule has 0 amide bonds. The van der Waals surface area contributed by atoms with Gasteiger partial charge in [-0.25, -0.2) is 0 Å². The Morgan fingerprint density at radius 1 is 1.60 bits per heavy atom. The summed E-state index contributed by atoms with van der Waals surface area (Å²) in [5.74, 6) is 5.51. The maximum absolute atomic E-state index is 8.22. The zero-order valence-corrected chi connectivity index (χ0v) is 6.06. The largest absolute Gasteiger partial charge is 0.515 e. The number of rotatable bonds is 0. The van der Waals surface area contributed by atoms with Gasteiger partial charge in [-0.3, -0.25) is 0 Å². The summed E-state index contributed by atoms with van der Waals surface area (Å²) >= 11 is 1.58. The highest BCUT2D eigenvalue weighted by molar-refractivity contribution is 7.10. The van der Waals surface area contributed by atoms with Crippen LogP contribution in [0.25, 0.3) is 0 Å². The van der Waals surface area contributed by atoms with Gasteiger partial charge < -0.3 is 5.11 Å². The molecule has 0 unspecified atom stereocenters. The van der Waals surface area contributed by atoms with E-state index in [1.54, 1.807) is 11.3 Å². The van der Waals surface area contributed by atoms with Crippen LogP contribution in [-0.4, -0.2) is 5.11 Å².